The highest BCUT2D eigenvalue weighted by atomic mass is 35.5. The lowest BCUT2D eigenvalue weighted by Crippen LogP contribution is -2.26. The van der Waals surface area contributed by atoms with E-state index in [-0.39, 0.29) is 34.7 Å². The van der Waals surface area contributed by atoms with Crippen molar-refractivity contribution in [2.45, 2.75) is 13.3 Å². The topological polar surface area (TPSA) is 68.3 Å². The van der Waals surface area contributed by atoms with Crippen molar-refractivity contribution in [3.8, 4) is 0 Å². The number of rotatable bonds is 5. The molecule has 0 saturated heterocycles. The number of aromatic nitrogens is 1. The Hall–Kier alpha value is -1.33. The minimum absolute atomic E-state index is 0.109. The number of nitrogens with one attached hydrogen (secondary N) is 1. The first-order valence-corrected chi connectivity index (χ1v) is 6.05. The third kappa shape index (κ3) is 4.50. The molecule has 0 fully saturated rings. The van der Waals surface area contributed by atoms with Crippen LogP contribution in [0, 0.1) is 0 Å². The maximum absolute atomic E-state index is 11.7. The van der Waals surface area contributed by atoms with Gasteiger partial charge in [-0.1, -0.05) is 23.2 Å². The molecule has 1 N–H and O–H groups in total. The van der Waals surface area contributed by atoms with Gasteiger partial charge in [-0.3, -0.25) is 9.59 Å². The van der Waals surface area contributed by atoms with Gasteiger partial charge in [0.2, 0.25) is 0 Å². The van der Waals surface area contributed by atoms with Gasteiger partial charge in [-0.15, -0.1) is 0 Å². The average molecular weight is 291 g/mol. The summed E-state index contributed by atoms with van der Waals surface area (Å²) in [6.07, 6.45) is 1.39. The van der Waals surface area contributed by atoms with Crippen molar-refractivity contribution in [1.82, 2.24) is 10.3 Å². The van der Waals surface area contributed by atoms with E-state index in [0.29, 0.717) is 6.61 Å². The molecule has 0 aliphatic rings. The first kappa shape index (κ1) is 14.7. The van der Waals surface area contributed by atoms with Crippen LogP contribution in [0.4, 0.5) is 0 Å². The van der Waals surface area contributed by atoms with E-state index in [1.54, 1.807) is 6.92 Å². The van der Waals surface area contributed by atoms with Crippen LogP contribution in [0.5, 0.6) is 0 Å². The molecular weight excluding hydrogens is 279 g/mol. The zero-order chi connectivity index (χ0) is 13.5. The number of carbonyl (C=O) groups is 2. The number of hydrogen-bond donors (Lipinski definition) is 1. The van der Waals surface area contributed by atoms with Crippen molar-refractivity contribution in [1.29, 1.82) is 0 Å². The third-order valence-electron chi connectivity index (χ3n) is 1.98. The Bertz CT molecular complexity index is 452. The van der Waals surface area contributed by atoms with Crippen molar-refractivity contribution in [2.75, 3.05) is 13.2 Å². The lowest BCUT2D eigenvalue weighted by atomic mass is 10.2. The van der Waals surface area contributed by atoms with E-state index in [0.717, 1.165) is 0 Å². The number of halogens is 2. The molecular formula is C11H12Cl2N2O3. The second-order valence-electron chi connectivity index (χ2n) is 3.30. The summed E-state index contributed by atoms with van der Waals surface area (Å²) in [5, 5.41) is 2.96. The van der Waals surface area contributed by atoms with Gasteiger partial charge in [-0.25, -0.2) is 4.98 Å². The van der Waals surface area contributed by atoms with Gasteiger partial charge in [0, 0.05) is 12.7 Å². The molecule has 1 rings (SSSR count). The molecule has 18 heavy (non-hydrogen) atoms. The lowest BCUT2D eigenvalue weighted by molar-refractivity contribution is -0.142. The minimum Gasteiger partial charge on any atom is -0.466 e. The van der Waals surface area contributed by atoms with E-state index in [9.17, 15) is 9.59 Å². The molecule has 1 amide bonds. The van der Waals surface area contributed by atoms with E-state index in [2.05, 4.69) is 10.3 Å². The van der Waals surface area contributed by atoms with Gasteiger partial charge in [0.25, 0.3) is 5.91 Å². The van der Waals surface area contributed by atoms with E-state index >= 15 is 0 Å². The second-order valence-corrected chi connectivity index (χ2v) is 4.09. The van der Waals surface area contributed by atoms with Crippen molar-refractivity contribution >= 4 is 35.1 Å². The van der Waals surface area contributed by atoms with Crippen molar-refractivity contribution in [3.63, 3.8) is 0 Å². The first-order chi connectivity index (χ1) is 8.54. The molecule has 98 valence electrons. The van der Waals surface area contributed by atoms with Gasteiger partial charge >= 0.3 is 5.97 Å². The average Bonchev–Trinajstić information content (AvgIpc) is 2.29. The van der Waals surface area contributed by atoms with Crippen LogP contribution >= 0.6 is 23.2 Å². The van der Waals surface area contributed by atoms with Crippen LogP contribution in [0.25, 0.3) is 0 Å². The van der Waals surface area contributed by atoms with E-state index in [1.165, 1.54) is 12.3 Å². The zero-order valence-corrected chi connectivity index (χ0v) is 11.2. The van der Waals surface area contributed by atoms with Crippen LogP contribution in [0.15, 0.2) is 12.3 Å². The van der Waals surface area contributed by atoms with Gasteiger partial charge in [-0.05, 0) is 13.0 Å². The van der Waals surface area contributed by atoms with Crippen LogP contribution < -0.4 is 5.32 Å². The van der Waals surface area contributed by atoms with Gasteiger partial charge < -0.3 is 10.1 Å². The normalized spacial score (nSPS) is 9.94. The summed E-state index contributed by atoms with van der Waals surface area (Å²) < 4.78 is 4.72. The minimum atomic E-state index is -0.409. The van der Waals surface area contributed by atoms with Crippen molar-refractivity contribution in [2.24, 2.45) is 0 Å². The number of amides is 1. The number of nitrogens with zero attached hydrogens (tertiary/aromatic N) is 1. The molecule has 1 heterocycles. The Labute approximate surface area is 114 Å². The van der Waals surface area contributed by atoms with Crippen LogP contribution in [-0.4, -0.2) is 30.0 Å². The highest BCUT2D eigenvalue weighted by molar-refractivity contribution is 6.36. The molecule has 0 radical (unpaired) electrons. The zero-order valence-electron chi connectivity index (χ0n) is 9.70. The lowest BCUT2D eigenvalue weighted by Gasteiger charge is -2.06. The molecule has 0 atom stereocenters. The Morgan fingerprint density at radius 1 is 1.44 bits per heavy atom. The molecule has 0 bridgehead atoms. The summed E-state index contributed by atoms with van der Waals surface area (Å²) in [6.45, 7) is 2.21. The fraction of sp³-hybridized carbons (Fsp3) is 0.364. The van der Waals surface area contributed by atoms with Crippen molar-refractivity contribution < 1.29 is 14.3 Å². The summed E-state index contributed by atoms with van der Waals surface area (Å²) in [5.74, 6) is -0.772. The Morgan fingerprint density at radius 3 is 2.78 bits per heavy atom. The third-order valence-corrected chi connectivity index (χ3v) is 2.50. The van der Waals surface area contributed by atoms with Crippen LogP contribution in [0.2, 0.25) is 10.2 Å². The number of esters is 1. The highest BCUT2D eigenvalue weighted by Crippen LogP contribution is 2.18. The SMILES string of the molecule is CCOC(=O)CCNC(=O)c1cnc(Cl)cc1Cl. The van der Waals surface area contributed by atoms with Crippen LogP contribution in [0.3, 0.4) is 0 Å². The smallest absolute Gasteiger partial charge is 0.307 e. The standard InChI is InChI=1S/C11H12Cl2N2O3/c1-2-18-10(16)3-4-14-11(17)7-6-15-9(13)5-8(7)12/h5-6H,2-4H2,1H3,(H,14,17). The van der Waals surface area contributed by atoms with Crippen LogP contribution in [-0.2, 0) is 9.53 Å². The molecule has 0 unspecified atom stereocenters. The maximum atomic E-state index is 11.7. The fourth-order valence-corrected chi connectivity index (χ4v) is 1.63. The molecule has 0 saturated carbocycles. The quantitative estimate of drug-likeness (QED) is 0.666. The second kappa shape index (κ2) is 7.18. The van der Waals surface area contributed by atoms with E-state index < -0.39 is 5.91 Å². The summed E-state index contributed by atoms with van der Waals surface area (Å²) in [4.78, 5) is 26.5. The molecule has 0 aliphatic carbocycles. The van der Waals surface area contributed by atoms with Gasteiger partial charge in [0.05, 0.1) is 23.6 Å². The summed E-state index contributed by atoms with van der Waals surface area (Å²) in [5.41, 5.74) is 0.213. The van der Waals surface area contributed by atoms with E-state index in [1.807, 2.05) is 0 Å². The number of pyridine rings is 1. The molecule has 0 aromatic carbocycles. The Kier molecular flexibility index (Phi) is 5.88. The predicted octanol–water partition coefficient (Wildman–Crippen LogP) is 2.07. The maximum Gasteiger partial charge on any atom is 0.307 e. The Morgan fingerprint density at radius 2 is 2.17 bits per heavy atom. The Balaban J connectivity index is 2.48. The fourth-order valence-electron chi connectivity index (χ4n) is 1.18. The molecule has 7 heteroatoms. The monoisotopic (exact) mass is 290 g/mol. The molecule has 1 aromatic heterocycles. The van der Waals surface area contributed by atoms with Gasteiger partial charge in [0.15, 0.2) is 0 Å². The number of hydrogen-bond acceptors (Lipinski definition) is 4. The molecule has 1 aromatic rings. The van der Waals surface area contributed by atoms with Gasteiger partial charge in [0.1, 0.15) is 5.15 Å². The first-order valence-electron chi connectivity index (χ1n) is 5.29. The predicted molar refractivity (Wildman–Crippen MR) is 67.8 cm³/mol. The number of carbonyl (C=O) groups excluding carboxylic acids is 2. The highest BCUT2D eigenvalue weighted by Gasteiger charge is 2.11. The van der Waals surface area contributed by atoms with E-state index in [4.69, 9.17) is 27.9 Å². The van der Waals surface area contributed by atoms with Gasteiger partial charge in [-0.2, -0.15) is 0 Å². The molecule has 0 aliphatic heterocycles. The molecule has 5 nitrogen and oxygen atoms in total. The van der Waals surface area contributed by atoms with Crippen LogP contribution in [0.1, 0.15) is 23.7 Å². The summed E-state index contributed by atoms with van der Waals surface area (Å²) in [6, 6.07) is 1.38. The summed E-state index contributed by atoms with van der Waals surface area (Å²) in [7, 11) is 0. The summed E-state index contributed by atoms with van der Waals surface area (Å²) >= 11 is 11.5. The largest absolute Gasteiger partial charge is 0.466 e. The van der Waals surface area contributed by atoms with Crippen molar-refractivity contribution in [3.05, 3.63) is 28.0 Å². The number of ether oxygens (including phenoxy) is 1. The molecule has 0 spiro atoms.